The van der Waals surface area contributed by atoms with Crippen molar-refractivity contribution in [3.05, 3.63) is 0 Å². The van der Waals surface area contributed by atoms with E-state index in [0.29, 0.717) is 11.3 Å². The van der Waals surface area contributed by atoms with E-state index in [9.17, 15) is 4.79 Å². The predicted molar refractivity (Wildman–Crippen MR) is 91.7 cm³/mol. The Morgan fingerprint density at radius 1 is 1.14 bits per heavy atom. The average molecular weight is 309 g/mol. The number of hydrogen-bond acceptors (Lipinski definition) is 2. The van der Waals surface area contributed by atoms with Crippen molar-refractivity contribution in [1.82, 2.24) is 0 Å². The van der Waals surface area contributed by atoms with Crippen molar-refractivity contribution in [2.24, 2.45) is 17.3 Å². The third-order valence-corrected chi connectivity index (χ3v) is 5.82. The molecule has 0 heterocycles. The fraction of sp³-hybridized carbons (Fsp3) is 0.950. The van der Waals surface area contributed by atoms with Crippen LogP contribution in [0.1, 0.15) is 97.8 Å². The topological polar surface area (TPSA) is 26.3 Å². The molecule has 2 atom stereocenters. The number of ether oxygens (including phenoxy) is 1. The van der Waals surface area contributed by atoms with Crippen LogP contribution in [0.2, 0.25) is 0 Å². The molecule has 0 aliphatic heterocycles. The number of hydrogen-bond donors (Lipinski definition) is 0. The van der Waals surface area contributed by atoms with Gasteiger partial charge in [0.15, 0.2) is 0 Å². The fourth-order valence-corrected chi connectivity index (χ4v) is 4.76. The molecule has 2 aliphatic rings. The lowest BCUT2D eigenvalue weighted by Gasteiger charge is -2.43. The normalized spacial score (nSPS) is 26.1. The van der Waals surface area contributed by atoms with Gasteiger partial charge in [-0.05, 0) is 62.7 Å². The van der Waals surface area contributed by atoms with E-state index in [2.05, 4.69) is 20.8 Å². The standard InChI is InChI=1S/C20H36O2/c1-4-9-17(14-16(2)3)19(21)22-18-10-8-13-20(15-18)11-6-5-7-12-20/h16-18H,4-15H2,1-3H3. The van der Waals surface area contributed by atoms with Crippen molar-refractivity contribution < 1.29 is 9.53 Å². The molecule has 128 valence electrons. The van der Waals surface area contributed by atoms with Gasteiger partial charge in [0.1, 0.15) is 6.10 Å². The van der Waals surface area contributed by atoms with E-state index in [1.807, 2.05) is 0 Å². The summed E-state index contributed by atoms with van der Waals surface area (Å²) in [4.78, 5) is 12.6. The zero-order chi connectivity index (χ0) is 16.0. The molecule has 0 aromatic heterocycles. The first kappa shape index (κ1) is 17.8. The monoisotopic (exact) mass is 308 g/mol. The van der Waals surface area contributed by atoms with Crippen LogP contribution in [-0.2, 0) is 9.53 Å². The van der Waals surface area contributed by atoms with E-state index in [1.54, 1.807) is 0 Å². The third-order valence-electron chi connectivity index (χ3n) is 5.82. The SMILES string of the molecule is CCCC(CC(C)C)C(=O)OC1CCCC2(CCCCC2)C1. The second-order valence-corrected chi connectivity index (χ2v) is 8.33. The third kappa shape index (κ3) is 4.99. The lowest BCUT2D eigenvalue weighted by molar-refractivity contribution is -0.159. The maximum atomic E-state index is 12.6. The lowest BCUT2D eigenvalue weighted by atomic mass is 9.64. The number of carbonyl (C=O) groups is 1. The minimum atomic E-state index is 0.0911. The van der Waals surface area contributed by atoms with Crippen molar-refractivity contribution in [2.45, 2.75) is 104 Å². The molecular weight excluding hydrogens is 272 g/mol. The van der Waals surface area contributed by atoms with Crippen molar-refractivity contribution >= 4 is 5.97 Å². The summed E-state index contributed by atoms with van der Waals surface area (Å²) in [5.74, 6) is 0.780. The summed E-state index contributed by atoms with van der Waals surface area (Å²) in [6.07, 6.45) is 15.0. The molecule has 2 heteroatoms. The Morgan fingerprint density at radius 3 is 2.45 bits per heavy atom. The van der Waals surface area contributed by atoms with Crippen molar-refractivity contribution in [2.75, 3.05) is 0 Å². The summed E-state index contributed by atoms with van der Waals surface area (Å²) < 4.78 is 6.00. The van der Waals surface area contributed by atoms with Gasteiger partial charge in [-0.25, -0.2) is 0 Å². The molecule has 2 nitrogen and oxygen atoms in total. The molecule has 0 N–H and O–H groups in total. The maximum absolute atomic E-state index is 12.6. The number of rotatable bonds is 6. The second kappa shape index (κ2) is 8.36. The van der Waals surface area contributed by atoms with Crippen LogP contribution >= 0.6 is 0 Å². The van der Waals surface area contributed by atoms with Crippen molar-refractivity contribution in [3.63, 3.8) is 0 Å². The van der Waals surface area contributed by atoms with Crippen LogP contribution in [-0.4, -0.2) is 12.1 Å². The molecule has 0 amide bonds. The van der Waals surface area contributed by atoms with E-state index in [1.165, 1.54) is 44.9 Å². The minimum Gasteiger partial charge on any atom is -0.462 e. The molecule has 0 aromatic carbocycles. The van der Waals surface area contributed by atoms with Gasteiger partial charge in [-0.2, -0.15) is 0 Å². The van der Waals surface area contributed by atoms with Crippen molar-refractivity contribution in [1.29, 1.82) is 0 Å². The molecular formula is C20H36O2. The van der Waals surface area contributed by atoms with Gasteiger partial charge < -0.3 is 4.74 Å². The molecule has 2 rings (SSSR count). The van der Waals surface area contributed by atoms with Crippen LogP contribution < -0.4 is 0 Å². The highest BCUT2D eigenvalue weighted by Gasteiger charge is 2.39. The van der Waals surface area contributed by atoms with Gasteiger partial charge in [-0.1, -0.05) is 46.5 Å². The zero-order valence-electron chi connectivity index (χ0n) is 15.0. The highest BCUT2D eigenvalue weighted by Crippen LogP contribution is 2.48. The van der Waals surface area contributed by atoms with Crippen LogP contribution in [0.3, 0.4) is 0 Å². The number of carbonyl (C=O) groups excluding carboxylic acids is 1. The van der Waals surface area contributed by atoms with Crippen LogP contribution in [0.15, 0.2) is 0 Å². The molecule has 0 saturated heterocycles. The van der Waals surface area contributed by atoms with Gasteiger partial charge >= 0.3 is 5.97 Å². The van der Waals surface area contributed by atoms with Crippen LogP contribution in [0.4, 0.5) is 0 Å². The van der Waals surface area contributed by atoms with Gasteiger partial charge in [0.05, 0.1) is 5.92 Å². The van der Waals surface area contributed by atoms with Gasteiger partial charge in [-0.3, -0.25) is 4.79 Å². The molecule has 0 bridgehead atoms. The molecule has 0 aromatic rings. The van der Waals surface area contributed by atoms with Crippen LogP contribution in [0, 0.1) is 17.3 Å². The van der Waals surface area contributed by atoms with E-state index in [4.69, 9.17) is 4.74 Å². The first-order chi connectivity index (χ1) is 10.5. The Balaban J connectivity index is 1.89. The Labute approximate surface area is 137 Å². The number of esters is 1. The average Bonchev–Trinajstić information content (AvgIpc) is 2.47. The first-order valence-electron chi connectivity index (χ1n) is 9.75. The van der Waals surface area contributed by atoms with E-state index < -0.39 is 0 Å². The summed E-state index contributed by atoms with van der Waals surface area (Å²) in [7, 11) is 0. The molecule has 2 unspecified atom stereocenters. The molecule has 22 heavy (non-hydrogen) atoms. The smallest absolute Gasteiger partial charge is 0.309 e. The van der Waals surface area contributed by atoms with E-state index in [0.717, 1.165) is 32.1 Å². The van der Waals surface area contributed by atoms with Gasteiger partial charge in [0.2, 0.25) is 0 Å². The van der Waals surface area contributed by atoms with Crippen LogP contribution in [0.5, 0.6) is 0 Å². The Hall–Kier alpha value is -0.530. The maximum Gasteiger partial charge on any atom is 0.309 e. The summed E-state index contributed by atoms with van der Waals surface area (Å²) in [5.41, 5.74) is 0.514. The van der Waals surface area contributed by atoms with Gasteiger partial charge in [0, 0.05) is 0 Å². The summed E-state index contributed by atoms with van der Waals surface area (Å²) in [6, 6.07) is 0. The van der Waals surface area contributed by atoms with E-state index >= 15 is 0 Å². The molecule has 2 saturated carbocycles. The summed E-state index contributed by atoms with van der Waals surface area (Å²) in [6.45, 7) is 6.57. The largest absolute Gasteiger partial charge is 0.462 e. The Kier molecular flexibility index (Phi) is 6.77. The highest BCUT2D eigenvalue weighted by atomic mass is 16.5. The Bertz CT molecular complexity index is 336. The van der Waals surface area contributed by atoms with Gasteiger partial charge in [-0.15, -0.1) is 0 Å². The van der Waals surface area contributed by atoms with Gasteiger partial charge in [0.25, 0.3) is 0 Å². The lowest BCUT2D eigenvalue weighted by Crippen LogP contribution is -2.36. The summed E-state index contributed by atoms with van der Waals surface area (Å²) >= 11 is 0. The highest BCUT2D eigenvalue weighted by molar-refractivity contribution is 5.72. The fourth-order valence-electron chi connectivity index (χ4n) is 4.76. The first-order valence-corrected chi connectivity index (χ1v) is 9.75. The van der Waals surface area contributed by atoms with E-state index in [-0.39, 0.29) is 18.0 Å². The van der Waals surface area contributed by atoms with Crippen molar-refractivity contribution in [3.8, 4) is 0 Å². The second-order valence-electron chi connectivity index (χ2n) is 8.33. The Morgan fingerprint density at radius 2 is 1.82 bits per heavy atom. The van der Waals surface area contributed by atoms with Crippen LogP contribution in [0.25, 0.3) is 0 Å². The molecule has 2 aliphatic carbocycles. The minimum absolute atomic E-state index is 0.0911. The molecule has 1 spiro atoms. The molecule has 0 radical (unpaired) electrons. The summed E-state index contributed by atoms with van der Waals surface area (Å²) in [5, 5.41) is 0. The molecule has 2 fully saturated rings. The zero-order valence-corrected chi connectivity index (χ0v) is 15.0. The predicted octanol–water partition coefficient (Wildman–Crippen LogP) is 5.89. The quantitative estimate of drug-likeness (QED) is 0.572.